The molecule has 2 saturated heterocycles. The fourth-order valence-electron chi connectivity index (χ4n) is 5.18. The van der Waals surface area contributed by atoms with Crippen LogP contribution in [-0.2, 0) is 15.9 Å². The van der Waals surface area contributed by atoms with Gasteiger partial charge < -0.3 is 14.2 Å². The van der Waals surface area contributed by atoms with Crippen molar-refractivity contribution in [3.63, 3.8) is 0 Å². The molecular weight excluding hydrogens is 404 g/mol. The van der Waals surface area contributed by atoms with Gasteiger partial charge in [0.15, 0.2) is 10.8 Å². The van der Waals surface area contributed by atoms with Gasteiger partial charge in [0, 0.05) is 12.5 Å². The number of ether oxygens (including phenoxy) is 3. The molecule has 1 N–H and O–H groups in total. The van der Waals surface area contributed by atoms with Crippen LogP contribution in [0, 0.1) is 50.2 Å². The molecule has 0 saturated carbocycles. The number of para-hydroxylation sites is 1. The van der Waals surface area contributed by atoms with Crippen LogP contribution >= 0.6 is 0 Å². The molecule has 7 heteroatoms. The molecule has 4 rings (SSSR count). The van der Waals surface area contributed by atoms with Crippen molar-refractivity contribution in [1.29, 1.82) is 21.2 Å². The van der Waals surface area contributed by atoms with Crippen molar-refractivity contribution in [2.24, 2.45) is 10.8 Å². The van der Waals surface area contributed by atoms with Crippen molar-refractivity contribution in [1.82, 2.24) is 0 Å². The average molecular weight is 426 g/mol. The number of benzene rings is 2. The minimum absolute atomic E-state index is 0.319. The van der Waals surface area contributed by atoms with Crippen LogP contribution in [0.2, 0.25) is 0 Å². The molecule has 2 bridgehead atoms. The number of hydrogen-bond acceptors (Lipinski definition) is 7. The maximum Gasteiger partial charge on any atom is 0.218 e. The smallest absolute Gasteiger partial charge is 0.218 e. The number of rotatable bonds is 5. The molecule has 4 unspecified atom stereocenters. The summed E-state index contributed by atoms with van der Waals surface area (Å²) in [4.78, 5) is 0. The lowest BCUT2D eigenvalue weighted by Crippen LogP contribution is -2.60. The summed E-state index contributed by atoms with van der Waals surface area (Å²) in [6, 6.07) is 23.0. The average Bonchev–Trinajstić information content (AvgIpc) is 3.01. The van der Waals surface area contributed by atoms with Crippen LogP contribution in [0.5, 0.6) is 5.75 Å². The Kier molecular flexibility index (Phi) is 5.13. The molecule has 0 spiro atoms. The van der Waals surface area contributed by atoms with Crippen LogP contribution in [0.4, 0.5) is 0 Å². The number of methoxy groups -OCH3 is 1. The Morgan fingerprint density at radius 1 is 1.00 bits per heavy atom. The van der Waals surface area contributed by atoms with E-state index in [9.17, 15) is 15.8 Å². The zero-order valence-electron chi connectivity index (χ0n) is 17.8. The predicted molar refractivity (Wildman–Crippen MR) is 114 cm³/mol. The van der Waals surface area contributed by atoms with Crippen LogP contribution in [0.1, 0.15) is 30.4 Å². The van der Waals surface area contributed by atoms with Gasteiger partial charge in [-0.1, -0.05) is 48.5 Å². The molecule has 2 aromatic rings. The maximum absolute atomic E-state index is 10.5. The summed E-state index contributed by atoms with van der Waals surface area (Å²) in [7, 11) is 1.50. The molecule has 7 nitrogen and oxygen atoms in total. The highest BCUT2D eigenvalue weighted by molar-refractivity contribution is 5.90. The lowest BCUT2D eigenvalue weighted by Gasteiger charge is -2.49. The Bertz CT molecular complexity index is 1160. The topological polar surface area (TPSA) is 123 Å². The highest BCUT2D eigenvalue weighted by Gasteiger charge is 2.79. The van der Waals surface area contributed by atoms with E-state index < -0.39 is 34.5 Å². The second-order valence-corrected chi connectivity index (χ2v) is 8.20. The Labute approximate surface area is 186 Å². The fraction of sp³-hybridized carbons (Fsp3) is 0.360. The molecular formula is C25H22N4O3. The molecule has 0 radical (unpaired) electrons. The predicted octanol–water partition coefficient (Wildman–Crippen LogP) is 4.08. The van der Waals surface area contributed by atoms with Gasteiger partial charge in [-0.2, -0.15) is 15.8 Å². The number of aryl methyl sites for hydroxylation is 1. The van der Waals surface area contributed by atoms with Gasteiger partial charge in [-0.25, -0.2) is 0 Å². The van der Waals surface area contributed by atoms with Crippen molar-refractivity contribution >= 4 is 5.90 Å². The van der Waals surface area contributed by atoms with Gasteiger partial charge in [-0.05, 0) is 24.5 Å². The monoisotopic (exact) mass is 426 g/mol. The number of nitrogens with one attached hydrogen (secondary N) is 1. The largest absolute Gasteiger partial charge is 0.496 e. The summed E-state index contributed by atoms with van der Waals surface area (Å²) in [5, 5.41) is 39.8. The second-order valence-electron chi connectivity index (χ2n) is 8.20. The van der Waals surface area contributed by atoms with Gasteiger partial charge in [0.1, 0.15) is 5.75 Å². The number of nitriles is 3. The minimum Gasteiger partial charge on any atom is -0.496 e. The zero-order chi connectivity index (χ0) is 23.0. The summed E-state index contributed by atoms with van der Waals surface area (Å²) >= 11 is 0. The molecule has 2 aliphatic heterocycles. The summed E-state index contributed by atoms with van der Waals surface area (Å²) < 4.78 is 17.7. The minimum atomic E-state index is -1.95. The molecule has 2 heterocycles. The zero-order valence-corrected chi connectivity index (χ0v) is 17.8. The lowest BCUT2D eigenvalue weighted by molar-refractivity contribution is -0.251. The van der Waals surface area contributed by atoms with E-state index in [1.165, 1.54) is 7.11 Å². The van der Waals surface area contributed by atoms with Crippen molar-refractivity contribution < 1.29 is 14.2 Å². The van der Waals surface area contributed by atoms with Crippen molar-refractivity contribution in [2.75, 3.05) is 7.11 Å². The Morgan fingerprint density at radius 2 is 1.66 bits per heavy atom. The quantitative estimate of drug-likeness (QED) is 0.768. The number of hydrogen-bond donors (Lipinski definition) is 1. The molecule has 2 aromatic carbocycles. The normalized spacial score (nSPS) is 29.8. The second kappa shape index (κ2) is 7.68. The first-order valence-electron chi connectivity index (χ1n) is 10.3. The Balaban J connectivity index is 1.88. The van der Waals surface area contributed by atoms with Crippen LogP contribution < -0.4 is 4.74 Å². The molecule has 2 fully saturated rings. The van der Waals surface area contributed by atoms with Gasteiger partial charge in [0.05, 0.1) is 37.3 Å². The molecule has 2 aliphatic rings. The van der Waals surface area contributed by atoms with Gasteiger partial charge in [0.2, 0.25) is 11.7 Å². The molecule has 0 amide bonds. The van der Waals surface area contributed by atoms with Crippen LogP contribution in [0.3, 0.4) is 0 Å². The fourth-order valence-corrected chi connectivity index (χ4v) is 5.18. The van der Waals surface area contributed by atoms with Crippen LogP contribution in [-0.4, -0.2) is 24.9 Å². The van der Waals surface area contributed by atoms with E-state index in [0.717, 1.165) is 5.56 Å². The van der Waals surface area contributed by atoms with E-state index in [4.69, 9.17) is 19.6 Å². The summed E-state index contributed by atoms with van der Waals surface area (Å²) in [5.74, 6) is -2.28. The Morgan fingerprint density at radius 3 is 2.28 bits per heavy atom. The molecule has 160 valence electrons. The molecule has 4 atom stereocenters. The third-order valence-electron chi connectivity index (χ3n) is 6.62. The van der Waals surface area contributed by atoms with Gasteiger partial charge in [-0.3, -0.25) is 5.41 Å². The lowest BCUT2D eigenvalue weighted by atomic mass is 9.52. The van der Waals surface area contributed by atoms with Crippen LogP contribution in [0.15, 0.2) is 54.6 Å². The van der Waals surface area contributed by atoms with E-state index in [2.05, 4.69) is 18.2 Å². The summed E-state index contributed by atoms with van der Waals surface area (Å²) in [6.45, 7) is 1.66. The number of nitrogens with zero attached hydrogens (tertiary/aromatic N) is 3. The van der Waals surface area contributed by atoms with E-state index in [1.54, 1.807) is 31.2 Å². The molecule has 32 heavy (non-hydrogen) atoms. The summed E-state index contributed by atoms with van der Waals surface area (Å²) in [5.41, 5.74) is -2.24. The molecule has 0 aromatic heterocycles. The maximum atomic E-state index is 10.5. The third-order valence-corrected chi connectivity index (χ3v) is 6.62. The first-order chi connectivity index (χ1) is 15.4. The van der Waals surface area contributed by atoms with Gasteiger partial charge in [0.25, 0.3) is 0 Å². The van der Waals surface area contributed by atoms with Gasteiger partial charge >= 0.3 is 0 Å². The van der Waals surface area contributed by atoms with E-state index in [1.807, 2.05) is 30.3 Å². The van der Waals surface area contributed by atoms with Crippen molar-refractivity contribution in [3.05, 3.63) is 65.7 Å². The highest BCUT2D eigenvalue weighted by atomic mass is 16.7. The highest BCUT2D eigenvalue weighted by Crippen LogP contribution is 2.67. The Hall–Kier alpha value is -3.86. The summed E-state index contributed by atoms with van der Waals surface area (Å²) in [6.07, 6.45) is -0.0727. The first-order valence-corrected chi connectivity index (χ1v) is 10.3. The van der Waals surface area contributed by atoms with Crippen molar-refractivity contribution in [3.8, 4) is 24.0 Å². The number of fused-ring (bicyclic) bond motifs is 2. The van der Waals surface area contributed by atoms with E-state index in [-0.39, 0.29) is 0 Å². The standard InChI is InChI=1S/C25H22N4O3/c1-23-21(18-10-6-7-11-19(18)30-2)25(16-28,22(29)32-23)24(14-26,15-27)20(31-23)13-12-17-8-4-3-5-9-17/h3-11,20-21,29H,12-13H2,1-2H3. The van der Waals surface area contributed by atoms with Gasteiger partial charge in [-0.15, -0.1) is 0 Å². The molecule has 0 aliphatic carbocycles. The van der Waals surface area contributed by atoms with E-state index in [0.29, 0.717) is 24.2 Å². The van der Waals surface area contributed by atoms with Crippen LogP contribution in [0.25, 0.3) is 0 Å². The SMILES string of the molecule is COc1ccccc1C1C2(C)OC(=N)C1(C#N)C(C#N)(C#N)C(CCc1ccccc1)O2. The first kappa shape index (κ1) is 21.4. The van der Waals surface area contributed by atoms with E-state index >= 15 is 0 Å². The van der Waals surface area contributed by atoms with Crippen molar-refractivity contribution in [2.45, 2.75) is 37.6 Å². The third kappa shape index (κ3) is 2.71.